The number of piperidine rings is 1. The van der Waals surface area contributed by atoms with Crippen LogP contribution in [0.1, 0.15) is 42.9 Å². The smallest absolute Gasteiger partial charge is 0.187 e. The van der Waals surface area contributed by atoms with E-state index in [4.69, 9.17) is 9.72 Å². The van der Waals surface area contributed by atoms with Gasteiger partial charge in [0.05, 0.1) is 7.11 Å². The fourth-order valence-corrected chi connectivity index (χ4v) is 5.28. The van der Waals surface area contributed by atoms with Gasteiger partial charge in [0.1, 0.15) is 5.75 Å². The summed E-state index contributed by atoms with van der Waals surface area (Å²) in [6, 6.07) is 10.5. The van der Waals surface area contributed by atoms with Gasteiger partial charge in [-0.25, -0.2) is 9.97 Å². The van der Waals surface area contributed by atoms with Crippen LogP contribution < -0.4 is 4.74 Å². The zero-order valence-electron chi connectivity index (χ0n) is 17.4. The van der Waals surface area contributed by atoms with E-state index in [-0.39, 0.29) is 0 Å². The predicted molar refractivity (Wildman–Crippen MR) is 119 cm³/mol. The molecule has 4 rings (SSSR count). The summed E-state index contributed by atoms with van der Waals surface area (Å²) >= 11 is 1.80. The monoisotopic (exact) mass is 412 g/mol. The highest BCUT2D eigenvalue weighted by molar-refractivity contribution is 7.99. The molecule has 2 saturated heterocycles. The molecule has 5 nitrogen and oxygen atoms in total. The second-order valence-corrected chi connectivity index (χ2v) is 9.11. The molecule has 0 amide bonds. The fraction of sp³-hybridized carbons (Fsp3) is 0.565. The maximum atomic E-state index is 5.53. The van der Waals surface area contributed by atoms with E-state index >= 15 is 0 Å². The average molecular weight is 413 g/mol. The lowest BCUT2D eigenvalue weighted by Gasteiger charge is -2.32. The number of aromatic nitrogens is 2. The minimum atomic E-state index is 0.486. The molecule has 6 heteroatoms. The molecule has 156 valence electrons. The number of hydrogen-bond acceptors (Lipinski definition) is 6. The lowest BCUT2D eigenvalue weighted by Crippen LogP contribution is -2.34. The lowest BCUT2D eigenvalue weighted by molar-refractivity contribution is 0.196. The minimum Gasteiger partial charge on any atom is -0.496 e. The first-order valence-electron chi connectivity index (χ1n) is 10.8. The van der Waals surface area contributed by atoms with Crippen molar-refractivity contribution in [1.29, 1.82) is 0 Å². The normalized spacial score (nSPS) is 20.8. The Kier molecular flexibility index (Phi) is 7.41. The first-order chi connectivity index (χ1) is 14.3. The standard InChI is InChI=1S/C23H32N4OS/c1-28-22-9-3-2-7-20(22)18-27-14-6-8-19(17-27)21-10-11-24-23(25-21)29-16-15-26-12-4-5-13-26/h2-3,7,9-11,19H,4-6,8,12-18H2,1H3/t19-/m0/s1. The van der Waals surface area contributed by atoms with Gasteiger partial charge in [0.2, 0.25) is 0 Å². The highest BCUT2D eigenvalue weighted by Gasteiger charge is 2.23. The average Bonchev–Trinajstić information content (AvgIpc) is 3.28. The van der Waals surface area contributed by atoms with Crippen molar-refractivity contribution in [2.45, 2.75) is 43.3 Å². The Morgan fingerprint density at radius 1 is 1.07 bits per heavy atom. The number of benzene rings is 1. The maximum Gasteiger partial charge on any atom is 0.187 e. The second kappa shape index (κ2) is 10.4. The number of likely N-dealkylation sites (tertiary alicyclic amines) is 2. The van der Waals surface area contributed by atoms with E-state index in [0.717, 1.165) is 42.8 Å². The van der Waals surface area contributed by atoms with E-state index < -0.39 is 0 Å². The summed E-state index contributed by atoms with van der Waals surface area (Å²) in [5.74, 6) is 2.54. The summed E-state index contributed by atoms with van der Waals surface area (Å²) in [5.41, 5.74) is 2.46. The molecule has 2 aliphatic heterocycles. The summed E-state index contributed by atoms with van der Waals surface area (Å²) in [5, 5.41) is 0.934. The molecule has 1 atom stereocenters. The summed E-state index contributed by atoms with van der Waals surface area (Å²) in [7, 11) is 1.75. The Balaban J connectivity index is 1.34. The van der Waals surface area contributed by atoms with E-state index in [0.29, 0.717) is 5.92 Å². The zero-order valence-corrected chi connectivity index (χ0v) is 18.2. The first kappa shape index (κ1) is 20.6. The molecule has 29 heavy (non-hydrogen) atoms. The molecule has 0 bridgehead atoms. The molecule has 1 aromatic heterocycles. The largest absolute Gasteiger partial charge is 0.496 e. The van der Waals surface area contributed by atoms with Gasteiger partial charge < -0.3 is 9.64 Å². The van der Waals surface area contributed by atoms with E-state index in [1.165, 1.54) is 50.0 Å². The maximum absolute atomic E-state index is 5.53. The molecule has 0 N–H and O–H groups in total. The van der Waals surface area contributed by atoms with Crippen LogP contribution in [-0.2, 0) is 6.54 Å². The van der Waals surface area contributed by atoms with Crippen LogP contribution in [-0.4, -0.2) is 65.4 Å². The Labute approximate surface area is 178 Å². The molecule has 2 aromatic rings. The molecule has 0 radical (unpaired) electrons. The van der Waals surface area contributed by atoms with Crippen LogP contribution in [0.3, 0.4) is 0 Å². The zero-order chi connectivity index (χ0) is 19.9. The highest BCUT2D eigenvalue weighted by Crippen LogP contribution is 2.29. The minimum absolute atomic E-state index is 0.486. The van der Waals surface area contributed by atoms with Gasteiger partial charge in [-0.3, -0.25) is 4.90 Å². The van der Waals surface area contributed by atoms with Crippen molar-refractivity contribution >= 4 is 11.8 Å². The molecule has 2 fully saturated rings. The third-order valence-corrected chi connectivity index (χ3v) is 6.84. The number of methoxy groups -OCH3 is 1. The molecule has 1 aromatic carbocycles. The van der Waals surface area contributed by atoms with Crippen molar-refractivity contribution < 1.29 is 4.74 Å². The Bertz CT molecular complexity index is 781. The number of hydrogen-bond donors (Lipinski definition) is 0. The van der Waals surface area contributed by atoms with Gasteiger partial charge in [0, 0.05) is 48.8 Å². The molecular formula is C23H32N4OS. The summed E-state index contributed by atoms with van der Waals surface area (Å²) in [4.78, 5) is 14.5. The van der Waals surface area contributed by atoms with Gasteiger partial charge in [-0.1, -0.05) is 30.0 Å². The van der Waals surface area contributed by atoms with Crippen molar-refractivity contribution in [3.63, 3.8) is 0 Å². The van der Waals surface area contributed by atoms with Crippen LogP contribution in [0.4, 0.5) is 0 Å². The van der Waals surface area contributed by atoms with Gasteiger partial charge in [-0.2, -0.15) is 0 Å². The number of thioether (sulfide) groups is 1. The van der Waals surface area contributed by atoms with E-state index in [1.54, 1.807) is 18.9 Å². The van der Waals surface area contributed by atoms with Crippen molar-refractivity contribution in [2.75, 3.05) is 45.6 Å². The van der Waals surface area contributed by atoms with Crippen LogP contribution in [0.15, 0.2) is 41.7 Å². The second-order valence-electron chi connectivity index (χ2n) is 8.05. The van der Waals surface area contributed by atoms with Crippen molar-refractivity contribution in [1.82, 2.24) is 19.8 Å². The quantitative estimate of drug-likeness (QED) is 0.481. The molecular weight excluding hydrogens is 380 g/mol. The lowest BCUT2D eigenvalue weighted by atomic mass is 9.94. The third-order valence-electron chi connectivity index (χ3n) is 6.00. The Morgan fingerprint density at radius 2 is 1.90 bits per heavy atom. The molecule has 0 aliphatic carbocycles. The summed E-state index contributed by atoms with van der Waals surface area (Å²) < 4.78 is 5.53. The van der Waals surface area contributed by atoms with Gasteiger partial charge in [0.15, 0.2) is 5.16 Å². The number of para-hydroxylation sites is 1. The first-order valence-corrected chi connectivity index (χ1v) is 11.8. The van der Waals surface area contributed by atoms with Gasteiger partial charge in [-0.15, -0.1) is 0 Å². The van der Waals surface area contributed by atoms with Crippen LogP contribution >= 0.6 is 11.8 Å². The van der Waals surface area contributed by atoms with Gasteiger partial charge in [0.25, 0.3) is 0 Å². The third kappa shape index (κ3) is 5.71. The molecule has 0 spiro atoms. The summed E-state index contributed by atoms with van der Waals surface area (Å²) in [6.45, 7) is 6.78. The molecule has 2 aliphatic rings. The van der Waals surface area contributed by atoms with E-state index in [1.807, 2.05) is 18.3 Å². The van der Waals surface area contributed by atoms with Crippen molar-refractivity contribution in [3.8, 4) is 5.75 Å². The van der Waals surface area contributed by atoms with Crippen molar-refractivity contribution in [3.05, 3.63) is 47.8 Å². The fourth-order valence-electron chi connectivity index (χ4n) is 4.44. The van der Waals surface area contributed by atoms with Crippen molar-refractivity contribution in [2.24, 2.45) is 0 Å². The molecule has 3 heterocycles. The number of ether oxygens (including phenoxy) is 1. The molecule has 0 saturated carbocycles. The van der Waals surface area contributed by atoms with E-state index in [9.17, 15) is 0 Å². The topological polar surface area (TPSA) is 41.5 Å². The van der Waals surface area contributed by atoms with Gasteiger partial charge in [-0.05, 0) is 57.5 Å². The van der Waals surface area contributed by atoms with Crippen LogP contribution in [0.2, 0.25) is 0 Å². The Hall–Kier alpha value is -1.63. The van der Waals surface area contributed by atoms with Crippen LogP contribution in [0, 0.1) is 0 Å². The van der Waals surface area contributed by atoms with Gasteiger partial charge >= 0.3 is 0 Å². The predicted octanol–water partition coefficient (Wildman–Crippen LogP) is 4.05. The van der Waals surface area contributed by atoms with Crippen LogP contribution in [0.25, 0.3) is 0 Å². The molecule has 0 unspecified atom stereocenters. The Morgan fingerprint density at radius 3 is 2.76 bits per heavy atom. The number of nitrogens with zero attached hydrogens (tertiary/aromatic N) is 4. The SMILES string of the molecule is COc1ccccc1CN1CCC[C@H](c2ccnc(SCCN3CCCC3)n2)C1. The van der Waals surface area contributed by atoms with Crippen LogP contribution in [0.5, 0.6) is 5.75 Å². The highest BCUT2D eigenvalue weighted by atomic mass is 32.2. The summed E-state index contributed by atoms with van der Waals surface area (Å²) in [6.07, 6.45) is 7.06. The van der Waals surface area contributed by atoms with E-state index in [2.05, 4.69) is 33.0 Å². The number of rotatable bonds is 8.